The van der Waals surface area contributed by atoms with Gasteiger partial charge in [-0.3, -0.25) is 0 Å². The predicted octanol–water partition coefficient (Wildman–Crippen LogP) is 3.23. The van der Waals surface area contributed by atoms with Crippen molar-refractivity contribution in [1.82, 2.24) is 0 Å². The van der Waals surface area contributed by atoms with Crippen LogP contribution in [-0.4, -0.2) is 17.1 Å². The number of anilines is 1. The Bertz CT molecular complexity index is 461. The molecular weight excluding hydrogens is 247 g/mol. The molecule has 1 aromatic carbocycles. The van der Waals surface area contributed by atoms with Gasteiger partial charge in [0.05, 0.1) is 0 Å². The molecule has 2 N–H and O–H groups in total. The number of hydrogen-bond acceptors (Lipinski definition) is 2. The van der Waals surface area contributed by atoms with Gasteiger partial charge in [-0.1, -0.05) is 19.1 Å². The van der Waals surface area contributed by atoms with Crippen molar-refractivity contribution in [3.8, 4) is 0 Å². The fourth-order valence-corrected chi connectivity index (χ4v) is 2.97. The second kappa shape index (κ2) is 5.22. The molecule has 2 atom stereocenters. The first-order valence-corrected chi connectivity index (χ1v) is 6.83. The summed E-state index contributed by atoms with van der Waals surface area (Å²) in [5.74, 6) is -0.325. The summed E-state index contributed by atoms with van der Waals surface area (Å²) < 4.78 is 13.9. The van der Waals surface area contributed by atoms with Gasteiger partial charge in [-0.25, -0.2) is 4.39 Å². The van der Waals surface area contributed by atoms with Crippen molar-refractivity contribution in [3.05, 3.63) is 29.6 Å². The second-order valence-electron chi connectivity index (χ2n) is 4.92. The third-order valence-corrected chi connectivity index (χ3v) is 3.99. The number of hydrogen-bond donors (Lipinski definition) is 1. The lowest BCUT2D eigenvalue weighted by atomic mass is 10.1. The van der Waals surface area contributed by atoms with Crippen LogP contribution in [0.25, 0.3) is 0 Å². The third-order valence-electron chi connectivity index (χ3n) is 3.77. The fraction of sp³-hybridized carbons (Fsp3) is 0.500. The summed E-state index contributed by atoms with van der Waals surface area (Å²) in [6.45, 7) is 4.37. The molecule has 2 nitrogen and oxygen atoms in total. The van der Waals surface area contributed by atoms with Crippen LogP contribution in [-0.2, 0) is 0 Å². The summed E-state index contributed by atoms with van der Waals surface area (Å²) in [5, 5.41) is 0. The van der Waals surface area contributed by atoms with Crippen molar-refractivity contribution >= 4 is 22.9 Å². The first-order valence-electron chi connectivity index (χ1n) is 6.42. The highest BCUT2D eigenvalue weighted by atomic mass is 32.1. The Morgan fingerprint density at radius 1 is 1.50 bits per heavy atom. The average molecular weight is 266 g/mol. The number of halogens is 1. The van der Waals surface area contributed by atoms with Gasteiger partial charge in [0.15, 0.2) is 0 Å². The second-order valence-corrected chi connectivity index (χ2v) is 5.36. The Kier molecular flexibility index (Phi) is 3.85. The molecule has 0 aliphatic carbocycles. The van der Waals surface area contributed by atoms with Gasteiger partial charge in [0, 0.05) is 23.3 Å². The number of nitrogens with two attached hydrogens (primary N) is 1. The highest BCUT2D eigenvalue weighted by Crippen LogP contribution is 2.32. The average Bonchev–Trinajstić information content (AvgIpc) is 2.69. The van der Waals surface area contributed by atoms with Crippen LogP contribution in [0, 0.1) is 5.82 Å². The topological polar surface area (TPSA) is 29.3 Å². The molecule has 1 fully saturated rings. The monoisotopic (exact) mass is 266 g/mol. The van der Waals surface area contributed by atoms with Crippen LogP contribution < -0.4 is 10.6 Å². The van der Waals surface area contributed by atoms with Crippen LogP contribution in [0.2, 0.25) is 0 Å². The third kappa shape index (κ3) is 2.34. The van der Waals surface area contributed by atoms with Gasteiger partial charge in [0.1, 0.15) is 10.8 Å². The maximum Gasteiger partial charge on any atom is 0.135 e. The van der Waals surface area contributed by atoms with Gasteiger partial charge < -0.3 is 10.6 Å². The zero-order valence-electron chi connectivity index (χ0n) is 10.8. The van der Waals surface area contributed by atoms with Crippen molar-refractivity contribution in [2.24, 2.45) is 5.73 Å². The fourth-order valence-electron chi connectivity index (χ4n) is 2.80. The van der Waals surface area contributed by atoms with E-state index in [0.717, 1.165) is 18.5 Å². The molecule has 1 aromatic rings. The van der Waals surface area contributed by atoms with E-state index < -0.39 is 0 Å². The standard InChI is InChI=1S/C14H19FN2S/c1-3-10-5-4-9(2)17(10)11-6-7-12(14(16)18)13(15)8-11/h6-10H,3-5H2,1-2H3,(H2,16,18). The number of rotatable bonds is 3. The molecule has 0 aromatic heterocycles. The number of thiocarbonyl (C=S) groups is 1. The Hall–Kier alpha value is -1.16. The minimum atomic E-state index is -0.325. The molecule has 0 amide bonds. The van der Waals surface area contributed by atoms with Crippen molar-refractivity contribution in [2.75, 3.05) is 4.90 Å². The van der Waals surface area contributed by atoms with Crippen LogP contribution in [0.15, 0.2) is 18.2 Å². The van der Waals surface area contributed by atoms with E-state index in [1.54, 1.807) is 12.1 Å². The molecule has 4 heteroatoms. The zero-order chi connectivity index (χ0) is 13.3. The highest BCUT2D eigenvalue weighted by molar-refractivity contribution is 7.80. The predicted molar refractivity (Wildman–Crippen MR) is 77.5 cm³/mol. The number of nitrogens with zero attached hydrogens (tertiary/aromatic N) is 1. The van der Waals surface area contributed by atoms with Crippen molar-refractivity contribution in [1.29, 1.82) is 0 Å². The summed E-state index contributed by atoms with van der Waals surface area (Å²) in [5.41, 5.74) is 6.74. The van der Waals surface area contributed by atoms with Gasteiger partial charge in [-0.2, -0.15) is 0 Å². The molecule has 0 spiro atoms. The maximum atomic E-state index is 13.9. The maximum absolute atomic E-state index is 13.9. The SMILES string of the molecule is CCC1CCC(C)N1c1ccc(C(N)=S)c(F)c1. The molecule has 0 saturated carbocycles. The summed E-state index contributed by atoms with van der Waals surface area (Å²) in [6, 6.07) is 6.13. The molecule has 1 aliphatic rings. The summed E-state index contributed by atoms with van der Waals surface area (Å²) in [7, 11) is 0. The summed E-state index contributed by atoms with van der Waals surface area (Å²) in [6.07, 6.45) is 3.43. The molecule has 0 radical (unpaired) electrons. The van der Waals surface area contributed by atoms with Crippen molar-refractivity contribution in [2.45, 2.75) is 45.2 Å². The molecule has 0 bridgehead atoms. The van der Waals surface area contributed by atoms with Gasteiger partial charge in [-0.15, -0.1) is 0 Å². The largest absolute Gasteiger partial charge is 0.389 e. The van der Waals surface area contributed by atoms with Crippen LogP contribution in [0.3, 0.4) is 0 Å². The summed E-state index contributed by atoms with van der Waals surface area (Å²) in [4.78, 5) is 2.42. The Morgan fingerprint density at radius 3 is 2.78 bits per heavy atom. The molecule has 2 unspecified atom stereocenters. The quantitative estimate of drug-likeness (QED) is 0.852. The van der Waals surface area contributed by atoms with E-state index in [1.807, 2.05) is 6.07 Å². The molecule has 18 heavy (non-hydrogen) atoms. The molecule has 1 aliphatic heterocycles. The van der Waals surface area contributed by atoms with E-state index in [2.05, 4.69) is 18.7 Å². The molecule has 1 heterocycles. The summed E-state index contributed by atoms with van der Waals surface area (Å²) >= 11 is 4.82. The normalized spacial score (nSPS) is 23.4. The number of benzene rings is 1. The van der Waals surface area contributed by atoms with Crippen LogP contribution in [0.1, 0.15) is 38.7 Å². The Balaban J connectivity index is 2.33. The van der Waals surface area contributed by atoms with E-state index in [0.29, 0.717) is 17.6 Å². The van der Waals surface area contributed by atoms with Gasteiger partial charge in [0.2, 0.25) is 0 Å². The Morgan fingerprint density at radius 2 is 2.22 bits per heavy atom. The van der Waals surface area contributed by atoms with Crippen LogP contribution in [0.5, 0.6) is 0 Å². The highest BCUT2D eigenvalue weighted by Gasteiger charge is 2.29. The zero-order valence-corrected chi connectivity index (χ0v) is 11.6. The first kappa shape index (κ1) is 13.3. The lowest BCUT2D eigenvalue weighted by molar-refractivity contribution is 0.609. The molecular formula is C14H19FN2S. The smallest absolute Gasteiger partial charge is 0.135 e. The van der Waals surface area contributed by atoms with E-state index >= 15 is 0 Å². The minimum absolute atomic E-state index is 0.112. The lowest BCUT2D eigenvalue weighted by Gasteiger charge is -2.30. The first-order chi connectivity index (χ1) is 8.54. The van der Waals surface area contributed by atoms with E-state index in [1.165, 1.54) is 6.42 Å². The van der Waals surface area contributed by atoms with Crippen molar-refractivity contribution in [3.63, 3.8) is 0 Å². The molecule has 98 valence electrons. The van der Waals surface area contributed by atoms with E-state index in [-0.39, 0.29) is 10.8 Å². The van der Waals surface area contributed by atoms with Gasteiger partial charge in [0.25, 0.3) is 0 Å². The minimum Gasteiger partial charge on any atom is -0.389 e. The Labute approximate surface area is 113 Å². The molecule has 2 rings (SSSR count). The van der Waals surface area contributed by atoms with Gasteiger partial charge >= 0.3 is 0 Å². The van der Waals surface area contributed by atoms with Crippen LogP contribution >= 0.6 is 12.2 Å². The van der Waals surface area contributed by atoms with Crippen LogP contribution in [0.4, 0.5) is 10.1 Å². The van der Waals surface area contributed by atoms with E-state index in [9.17, 15) is 4.39 Å². The lowest BCUT2D eigenvalue weighted by Crippen LogP contribution is -2.34. The van der Waals surface area contributed by atoms with Crippen molar-refractivity contribution < 1.29 is 4.39 Å². The molecule has 1 saturated heterocycles. The van der Waals surface area contributed by atoms with E-state index in [4.69, 9.17) is 18.0 Å². The van der Waals surface area contributed by atoms with Gasteiger partial charge in [-0.05, 0) is 44.4 Å².